The highest BCUT2D eigenvalue weighted by Crippen LogP contribution is 2.52. The number of unbranched alkanes of at least 4 members (excludes halogenated alkanes) is 74. The predicted molar refractivity (Wildman–Crippen MR) is 461 cm³/mol. The second kappa shape index (κ2) is 82.3. The Morgan fingerprint density at radius 1 is 0.135 bits per heavy atom. The minimum absolute atomic E-state index is 0.102. The van der Waals surface area contributed by atoms with Crippen LogP contribution in [-0.4, -0.2) is 28.9 Å². The Labute approximate surface area is 653 Å². The molecule has 0 aliphatic carbocycles. The summed E-state index contributed by atoms with van der Waals surface area (Å²) in [5.74, 6) is -1.49. The molecule has 2 unspecified atom stereocenters. The minimum atomic E-state index is -2.25. The summed E-state index contributed by atoms with van der Waals surface area (Å²) in [7, 11) is 0. The quantitative estimate of drug-likeness (QED) is 0.0447. The molecule has 0 amide bonds. The summed E-state index contributed by atoms with van der Waals surface area (Å²) < 4.78 is 0. The van der Waals surface area contributed by atoms with Crippen LogP contribution in [0.2, 0.25) is 0 Å². The first-order valence-corrected chi connectivity index (χ1v) is 48.9. The molecule has 0 bridgehead atoms. The van der Waals surface area contributed by atoms with Crippen LogP contribution in [0.15, 0.2) is 0 Å². The van der Waals surface area contributed by atoms with E-state index in [9.17, 15) is 0 Å². The minimum Gasteiger partial charge on any atom is -0.299 e. The van der Waals surface area contributed by atoms with Crippen LogP contribution in [0.4, 0.5) is 0 Å². The third-order valence-electron chi connectivity index (χ3n) is 24.5. The normalized spacial score (nSPS) is 12.9. The van der Waals surface area contributed by atoms with Crippen LogP contribution in [0.1, 0.15) is 594 Å². The molecule has 0 heterocycles. The smallest absolute Gasteiger partial charge is 0.165 e. The van der Waals surface area contributed by atoms with Gasteiger partial charge < -0.3 is 0 Å². The Morgan fingerprint density at radius 2 is 0.240 bits per heavy atom. The molecule has 0 saturated carbocycles. The second-order valence-corrected chi connectivity index (χ2v) is 34.4. The van der Waals surface area contributed by atoms with Crippen LogP contribution in [0.3, 0.4) is 0 Å². The molecule has 0 aromatic heterocycles. The molecule has 0 fully saturated rings. The van der Waals surface area contributed by atoms with Crippen molar-refractivity contribution in [1.82, 2.24) is 0 Å². The topological polar surface area (TPSA) is 85.3 Å². The lowest BCUT2D eigenvalue weighted by Gasteiger charge is -2.46. The highest BCUT2D eigenvalue weighted by Gasteiger charge is 2.69. The molecule has 616 valence electrons. The van der Waals surface area contributed by atoms with E-state index in [4.69, 9.17) is 0 Å². The van der Waals surface area contributed by atoms with Gasteiger partial charge in [-0.1, -0.05) is 523 Å². The van der Waals surface area contributed by atoms with Gasteiger partial charge in [0, 0.05) is 32.1 Å². The van der Waals surface area contributed by atoms with E-state index >= 15 is 24.0 Å². The summed E-state index contributed by atoms with van der Waals surface area (Å²) in [6, 6.07) is 0. The molecular weight excluding hydrogens is 1270 g/mol. The molecule has 0 aliphatic heterocycles. The summed E-state index contributed by atoms with van der Waals surface area (Å²) in [5.41, 5.74) is -4.21. The number of Topliss-reactive ketones (excluding diaryl/α,β-unsaturated/α-hetero) is 5. The molecule has 2 atom stereocenters. The average molecular weight is 1460 g/mol. The zero-order valence-corrected chi connectivity index (χ0v) is 72.4. The second-order valence-electron chi connectivity index (χ2n) is 34.4. The molecule has 0 aromatic rings. The van der Waals surface area contributed by atoms with Crippen LogP contribution in [0, 0.1) is 10.8 Å². The number of hydrogen-bond donors (Lipinski definition) is 0. The van der Waals surface area contributed by atoms with Gasteiger partial charge in [0.2, 0.25) is 0 Å². The SMILES string of the molecule is CCCCCCCCCCCCCCCCCC(=O)C(C(=O)CCCCCCCCCCCCCCC)(C(=O)CCCCCCCCCCCCCCCC)C(CCCCCCCCCCCCCCCCC)(C(=O)CCCCCCCCCCCCC)C(=O)CCCCCCCCCCCCCC. The van der Waals surface area contributed by atoms with Crippen molar-refractivity contribution in [1.29, 1.82) is 0 Å². The van der Waals surface area contributed by atoms with Crippen molar-refractivity contribution in [2.24, 2.45) is 10.8 Å². The Hall–Kier alpha value is -1.65. The van der Waals surface area contributed by atoms with Gasteiger partial charge in [-0.05, 0) is 38.5 Å². The van der Waals surface area contributed by atoms with Crippen molar-refractivity contribution >= 4 is 28.9 Å². The molecule has 0 aromatic carbocycles. The molecule has 5 nitrogen and oxygen atoms in total. The van der Waals surface area contributed by atoms with Crippen molar-refractivity contribution in [2.45, 2.75) is 594 Å². The summed E-state index contributed by atoms with van der Waals surface area (Å²) in [4.78, 5) is 82.8. The van der Waals surface area contributed by atoms with Gasteiger partial charge in [-0.25, -0.2) is 0 Å². The molecule has 104 heavy (non-hydrogen) atoms. The zero-order chi connectivity index (χ0) is 75.7. The first kappa shape index (κ1) is 102. The van der Waals surface area contributed by atoms with Crippen molar-refractivity contribution < 1.29 is 24.0 Å². The van der Waals surface area contributed by atoms with Crippen LogP contribution in [0.5, 0.6) is 0 Å². The fraction of sp³-hybridized carbons (Fsp3) is 0.949. The number of carbonyl (C=O) groups is 5. The highest BCUT2D eigenvalue weighted by atomic mass is 16.2. The van der Waals surface area contributed by atoms with Gasteiger partial charge in [0.1, 0.15) is 17.0 Å². The molecule has 0 saturated heterocycles. The van der Waals surface area contributed by atoms with Crippen molar-refractivity contribution in [3.63, 3.8) is 0 Å². The van der Waals surface area contributed by atoms with Gasteiger partial charge in [-0.3, -0.25) is 24.0 Å². The van der Waals surface area contributed by atoms with Crippen LogP contribution in [-0.2, 0) is 24.0 Å². The fourth-order valence-corrected chi connectivity index (χ4v) is 17.5. The van der Waals surface area contributed by atoms with E-state index in [-0.39, 0.29) is 67.4 Å². The van der Waals surface area contributed by atoms with Crippen LogP contribution < -0.4 is 0 Å². The van der Waals surface area contributed by atoms with Gasteiger partial charge in [0.25, 0.3) is 0 Å². The lowest BCUT2D eigenvalue weighted by molar-refractivity contribution is -0.172. The maximum atomic E-state index is 16.6. The van der Waals surface area contributed by atoms with E-state index < -0.39 is 10.8 Å². The van der Waals surface area contributed by atoms with E-state index in [1.54, 1.807) is 0 Å². The van der Waals surface area contributed by atoms with Crippen LogP contribution in [0.25, 0.3) is 0 Å². The fourth-order valence-electron chi connectivity index (χ4n) is 17.5. The Kier molecular flexibility index (Phi) is 81.0. The molecule has 0 aliphatic rings. The summed E-state index contributed by atoms with van der Waals surface area (Å²) >= 11 is 0. The maximum absolute atomic E-state index is 16.6. The Morgan fingerprint density at radius 3 is 0.375 bits per heavy atom. The third-order valence-corrected chi connectivity index (χ3v) is 24.5. The third kappa shape index (κ3) is 58.3. The Balaban J connectivity index is 7.54. The molecule has 0 N–H and O–H groups in total. The monoisotopic (exact) mass is 1460 g/mol. The van der Waals surface area contributed by atoms with Crippen molar-refractivity contribution in [3.05, 3.63) is 0 Å². The molecule has 5 heteroatoms. The summed E-state index contributed by atoms with van der Waals surface area (Å²) in [5, 5.41) is 0. The molecule has 0 radical (unpaired) electrons. The summed E-state index contributed by atoms with van der Waals surface area (Å²) in [6.07, 6.45) is 96.0. The maximum Gasteiger partial charge on any atom is 0.165 e. The van der Waals surface area contributed by atoms with Crippen molar-refractivity contribution in [2.75, 3.05) is 0 Å². The number of ketones is 5. The van der Waals surface area contributed by atoms with Gasteiger partial charge in [-0.2, -0.15) is 0 Å². The first-order chi connectivity index (χ1) is 51.2. The summed E-state index contributed by atoms with van der Waals surface area (Å²) in [6.45, 7) is 13.7. The lowest BCUT2D eigenvalue weighted by atomic mass is 9.49. The van der Waals surface area contributed by atoms with Gasteiger partial charge in [0.05, 0.1) is 0 Å². The number of carbonyl (C=O) groups excluding carboxylic acids is 5. The Bertz CT molecular complexity index is 1790. The van der Waals surface area contributed by atoms with E-state index in [2.05, 4.69) is 41.5 Å². The predicted octanol–water partition coefficient (Wildman–Crippen LogP) is 34.5. The van der Waals surface area contributed by atoms with Crippen molar-refractivity contribution in [3.8, 4) is 0 Å². The van der Waals surface area contributed by atoms with Crippen LogP contribution >= 0.6 is 0 Å². The highest BCUT2D eigenvalue weighted by molar-refractivity contribution is 6.32. The zero-order valence-electron chi connectivity index (χ0n) is 72.4. The van der Waals surface area contributed by atoms with E-state index in [1.807, 2.05) is 0 Å². The largest absolute Gasteiger partial charge is 0.299 e. The molecule has 0 rings (SSSR count). The molecule has 0 spiro atoms. The number of hydrogen-bond acceptors (Lipinski definition) is 5. The van der Waals surface area contributed by atoms with E-state index in [1.165, 1.54) is 360 Å². The van der Waals surface area contributed by atoms with E-state index in [0.717, 1.165) is 116 Å². The first-order valence-electron chi connectivity index (χ1n) is 48.9. The molecular formula is C99H190O5. The standard InChI is InChI=1S/C99H190O5/c1-7-13-19-25-31-37-43-48-51-55-61-67-73-79-85-91-97(104)99(95(102)89-83-77-71-65-59-53-46-40-34-28-22-16-10-4,96(103)90-84-78-72-66-60-54-50-45-39-33-27-21-15-9-3)98(93(100)87-81-75-69-63-57-42-36-30-24-18-12-6,94(101)88-82-76-70-64-58-47-41-35-29-23-17-11-5)92-86-80-74-68-62-56-52-49-44-38-32-26-20-14-8-2/h7-92H2,1-6H3. The van der Waals surface area contributed by atoms with Gasteiger partial charge in [-0.15, -0.1) is 0 Å². The average Bonchev–Trinajstić information content (AvgIpc) is 0.711. The number of rotatable bonds is 92. The lowest BCUT2D eigenvalue weighted by Crippen LogP contribution is -2.64. The van der Waals surface area contributed by atoms with E-state index in [0.29, 0.717) is 38.5 Å². The van der Waals surface area contributed by atoms with Gasteiger partial charge in [0.15, 0.2) is 22.8 Å². The van der Waals surface area contributed by atoms with Gasteiger partial charge >= 0.3 is 0 Å².